The molecule has 4 aromatic rings. The minimum Gasteiger partial charge on any atom is -0.333 e. The Morgan fingerprint density at radius 2 is 1.97 bits per heavy atom. The summed E-state index contributed by atoms with van der Waals surface area (Å²) in [6.07, 6.45) is -1.36. The van der Waals surface area contributed by atoms with Crippen LogP contribution in [0.3, 0.4) is 0 Å². The molecule has 5 rings (SSSR count). The lowest BCUT2D eigenvalue weighted by molar-refractivity contribution is -0.141. The van der Waals surface area contributed by atoms with Crippen LogP contribution < -0.4 is 10.9 Å². The van der Waals surface area contributed by atoms with E-state index in [1.165, 1.54) is 24.4 Å². The number of piperidine rings is 1. The molecule has 0 saturated carbocycles. The quantitative estimate of drug-likeness (QED) is 0.513. The maximum absolute atomic E-state index is 12.9. The van der Waals surface area contributed by atoms with Gasteiger partial charge in [0.25, 0.3) is 11.4 Å². The van der Waals surface area contributed by atoms with Crippen LogP contribution in [0.5, 0.6) is 0 Å². The van der Waals surface area contributed by atoms with E-state index < -0.39 is 11.9 Å². The summed E-state index contributed by atoms with van der Waals surface area (Å²) in [6.45, 7) is 1.70. The average molecular weight is 431 g/mol. The Bertz CT molecular complexity index is 1300. The summed E-state index contributed by atoms with van der Waals surface area (Å²) in [5.41, 5.74) is 0.119. The second-order valence-electron chi connectivity index (χ2n) is 7.23. The van der Waals surface area contributed by atoms with E-state index in [4.69, 9.17) is 4.52 Å². The average Bonchev–Trinajstić information content (AvgIpc) is 3.40. The number of pyridine rings is 1. The molecule has 0 aliphatic carbocycles. The molecular formula is C19H16F3N7O2. The van der Waals surface area contributed by atoms with Crippen molar-refractivity contribution in [2.45, 2.75) is 24.9 Å². The van der Waals surface area contributed by atoms with Crippen LogP contribution in [0.4, 0.5) is 13.2 Å². The Morgan fingerprint density at radius 1 is 1.16 bits per heavy atom. The highest BCUT2D eigenvalue weighted by Gasteiger charge is 2.33. The van der Waals surface area contributed by atoms with Crippen molar-refractivity contribution in [1.82, 2.24) is 35.0 Å². The van der Waals surface area contributed by atoms with E-state index in [0.29, 0.717) is 11.2 Å². The van der Waals surface area contributed by atoms with Gasteiger partial charge in [-0.1, -0.05) is 11.2 Å². The number of hydrogen-bond donors (Lipinski definition) is 2. The smallest absolute Gasteiger partial charge is 0.333 e. The van der Waals surface area contributed by atoms with E-state index in [0.717, 1.165) is 37.7 Å². The fraction of sp³-hybridized carbons (Fsp3) is 0.316. The van der Waals surface area contributed by atoms with E-state index >= 15 is 0 Å². The zero-order chi connectivity index (χ0) is 21.6. The molecule has 1 aliphatic heterocycles. The van der Waals surface area contributed by atoms with Gasteiger partial charge in [0.15, 0.2) is 0 Å². The molecule has 4 aromatic heterocycles. The number of rotatable bonds is 3. The maximum Gasteiger partial charge on any atom is 0.433 e. The van der Waals surface area contributed by atoms with E-state index in [1.54, 1.807) is 4.52 Å². The van der Waals surface area contributed by atoms with E-state index in [9.17, 15) is 18.0 Å². The Balaban J connectivity index is 1.55. The minimum atomic E-state index is -4.59. The lowest BCUT2D eigenvalue weighted by Gasteiger charge is -2.23. The highest BCUT2D eigenvalue weighted by atomic mass is 19.4. The second kappa shape index (κ2) is 7.30. The topological polar surface area (TPSA) is 114 Å². The van der Waals surface area contributed by atoms with Gasteiger partial charge in [0.2, 0.25) is 5.82 Å². The van der Waals surface area contributed by atoms with E-state index in [1.807, 2.05) is 0 Å². The van der Waals surface area contributed by atoms with Gasteiger partial charge in [0.05, 0.1) is 11.9 Å². The molecule has 0 amide bonds. The predicted molar refractivity (Wildman–Crippen MR) is 102 cm³/mol. The third kappa shape index (κ3) is 3.58. The fourth-order valence-corrected chi connectivity index (χ4v) is 3.73. The number of alkyl halides is 3. The Hall–Kier alpha value is -3.54. The summed E-state index contributed by atoms with van der Waals surface area (Å²) in [5.74, 6) is 0.0889. The number of hydrogen-bond acceptors (Lipinski definition) is 7. The first-order valence-corrected chi connectivity index (χ1v) is 9.60. The van der Waals surface area contributed by atoms with Gasteiger partial charge in [-0.05, 0) is 38.1 Å². The molecule has 160 valence electrons. The maximum atomic E-state index is 12.9. The molecule has 0 atom stereocenters. The van der Waals surface area contributed by atoms with Gasteiger partial charge < -0.3 is 14.8 Å². The first-order valence-electron chi connectivity index (χ1n) is 9.60. The van der Waals surface area contributed by atoms with Crippen LogP contribution in [-0.2, 0) is 6.18 Å². The van der Waals surface area contributed by atoms with Crippen molar-refractivity contribution in [2.24, 2.45) is 0 Å². The molecule has 0 unspecified atom stereocenters. The number of aromatic nitrogens is 6. The molecule has 5 heterocycles. The number of fused-ring (bicyclic) bond motifs is 1. The van der Waals surface area contributed by atoms with Gasteiger partial charge >= 0.3 is 6.18 Å². The monoisotopic (exact) mass is 431 g/mol. The SMILES string of the molecule is O=c1cc(C2CCNCC2)n2ncc(-c3nc(-c4cccc(C(F)(F)F)n4)no3)c2[nH]1. The first-order chi connectivity index (χ1) is 14.9. The van der Waals surface area contributed by atoms with Crippen LogP contribution in [-0.4, -0.2) is 42.8 Å². The lowest BCUT2D eigenvalue weighted by Crippen LogP contribution is -2.28. The molecule has 12 heteroatoms. The van der Waals surface area contributed by atoms with Crippen molar-refractivity contribution in [3.63, 3.8) is 0 Å². The normalized spacial score (nSPS) is 15.6. The predicted octanol–water partition coefficient (Wildman–Crippen LogP) is 2.62. The van der Waals surface area contributed by atoms with Gasteiger partial charge in [-0.25, -0.2) is 9.50 Å². The highest BCUT2D eigenvalue weighted by molar-refractivity contribution is 5.72. The van der Waals surface area contributed by atoms with Crippen LogP contribution in [0.25, 0.3) is 28.6 Å². The second-order valence-corrected chi connectivity index (χ2v) is 7.23. The third-order valence-electron chi connectivity index (χ3n) is 5.22. The molecule has 0 bridgehead atoms. The molecule has 1 saturated heterocycles. The molecule has 0 aromatic carbocycles. The minimum absolute atomic E-state index is 0.0160. The molecule has 1 fully saturated rings. The zero-order valence-corrected chi connectivity index (χ0v) is 16.0. The molecule has 0 spiro atoms. The van der Waals surface area contributed by atoms with Crippen LogP contribution in [0.2, 0.25) is 0 Å². The van der Waals surface area contributed by atoms with Crippen molar-refractivity contribution in [3.05, 3.63) is 52.2 Å². The van der Waals surface area contributed by atoms with Crippen molar-refractivity contribution in [2.75, 3.05) is 13.1 Å². The summed E-state index contributed by atoms with van der Waals surface area (Å²) in [7, 11) is 0. The standard InChI is InChI=1S/C19H16F3N7O2/c20-19(21,22)14-3-1-2-12(25-14)16-27-18(31-28-16)11-9-24-29-13(8-15(30)26-17(11)29)10-4-6-23-7-5-10/h1-3,8-10,23H,4-7H2,(H,26,30). The van der Waals surface area contributed by atoms with Crippen molar-refractivity contribution < 1.29 is 17.7 Å². The molecule has 9 nitrogen and oxygen atoms in total. The van der Waals surface area contributed by atoms with Crippen molar-refractivity contribution in [1.29, 1.82) is 0 Å². The van der Waals surface area contributed by atoms with Gasteiger partial charge in [0, 0.05) is 12.0 Å². The summed E-state index contributed by atoms with van der Waals surface area (Å²) < 4.78 is 45.7. The van der Waals surface area contributed by atoms with Crippen LogP contribution in [0.1, 0.15) is 30.1 Å². The number of aromatic amines is 1. The summed E-state index contributed by atoms with van der Waals surface area (Å²) in [5, 5.41) is 11.4. The van der Waals surface area contributed by atoms with E-state index in [2.05, 4.69) is 30.5 Å². The third-order valence-corrected chi connectivity index (χ3v) is 5.22. The number of H-pyrrole nitrogens is 1. The van der Waals surface area contributed by atoms with Crippen LogP contribution >= 0.6 is 0 Å². The Kier molecular flexibility index (Phi) is 4.58. The summed E-state index contributed by atoms with van der Waals surface area (Å²) in [6, 6.07) is 4.98. The van der Waals surface area contributed by atoms with Gasteiger partial charge in [0.1, 0.15) is 22.6 Å². The van der Waals surface area contributed by atoms with Gasteiger partial charge in [-0.2, -0.15) is 23.3 Å². The Morgan fingerprint density at radius 3 is 2.74 bits per heavy atom. The molecular weight excluding hydrogens is 415 g/mol. The molecule has 31 heavy (non-hydrogen) atoms. The summed E-state index contributed by atoms with van der Waals surface area (Å²) >= 11 is 0. The highest BCUT2D eigenvalue weighted by Crippen LogP contribution is 2.31. The molecule has 0 radical (unpaired) electrons. The Labute approximate surface area is 172 Å². The van der Waals surface area contributed by atoms with Crippen molar-refractivity contribution >= 4 is 5.65 Å². The summed E-state index contributed by atoms with van der Waals surface area (Å²) in [4.78, 5) is 22.8. The van der Waals surface area contributed by atoms with E-state index in [-0.39, 0.29) is 28.9 Å². The number of nitrogens with one attached hydrogen (secondary N) is 2. The largest absolute Gasteiger partial charge is 0.433 e. The zero-order valence-electron chi connectivity index (χ0n) is 16.0. The first kappa shape index (κ1) is 19.4. The van der Waals surface area contributed by atoms with Crippen LogP contribution in [0.15, 0.2) is 39.8 Å². The molecule has 2 N–H and O–H groups in total. The fourth-order valence-electron chi connectivity index (χ4n) is 3.73. The number of nitrogens with zero attached hydrogens (tertiary/aromatic N) is 5. The van der Waals surface area contributed by atoms with Gasteiger partial charge in [-0.3, -0.25) is 4.79 Å². The number of halogens is 3. The van der Waals surface area contributed by atoms with Crippen LogP contribution in [0, 0.1) is 0 Å². The molecule has 1 aliphatic rings. The lowest BCUT2D eigenvalue weighted by atomic mass is 9.94. The van der Waals surface area contributed by atoms with Crippen molar-refractivity contribution in [3.8, 4) is 23.0 Å². The van der Waals surface area contributed by atoms with Gasteiger partial charge in [-0.15, -0.1) is 0 Å².